The number of allylic oxidation sites excluding steroid dienone is 2. The van der Waals surface area contributed by atoms with Gasteiger partial charge < -0.3 is 9.47 Å². The lowest BCUT2D eigenvalue weighted by atomic mass is 9.76. The molecule has 5 aromatic rings. The number of rotatable bonds is 4. The van der Waals surface area contributed by atoms with E-state index in [1.54, 1.807) is 57.5 Å². The van der Waals surface area contributed by atoms with Gasteiger partial charge in [-0.15, -0.1) is 45.3 Å². The summed E-state index contributed by atoms with van der Waals surface area (Å²) < 4.78 is 14.4. The Morgan fingerprint density at radius 3 is 1.54 bits per heavy atom. The highest BCUT2D eigenvalue weighted by Crippen LogP contribution is 2.61. The third kappa shape index (κ3) is 5.42. The quantitative estimate of drug-likeness (QED) is 0.135. The predicted molar refractivity (Wildman–Crippen MR) is 210 cm³/mol. The third-order valence-electron chi connectivity index (χ3n) is 10.7. The summed E-state index contributed by atoms with van der Waals surface area (Å²) in [6, 6.07) is 23.2. The topological polar surface area (TPSA) is 94.2 Å². The van der Waals surface area contributed by atoms with Gasteiger partial charge in [-0.05, 0) is 112 Å². The Balaban J connectivity index is 1.17. The third-order valence-corrected chi connectivity index (χ3v) is 15.5. The fourth-order valence-corrected chi connectivity index (χ4v) is 12.9. The molecule has 254 valence electrons. The fraction of sp³-hybridized carbons (Fsp3) is 0.286. The highest BCUT2D eigenvalue weighted by atomic mass is 32.1. The number of hydrogen-bond donors (Lipinski definition) is 0. The first-order chi connectivity index (χ1) is 25.4. The normalized spacial score (nSPS) is 17.5. The van der Waals surface area contributed by atoms with Crippen LogP contribution in [0.4, 0.5) is 0 Å². The average Bonchev–Trinajstić information content (AvgIpc) is 4.00. The Morgan fingerprint density at radius 2 is 1.10 bits per heavy atom. The molecule has 2 aliphatic heterocycles. The van der Waals surface area contributed by atoms with E-state index in [0.29, 0.717) is 0 Å². The van der Waals surface area contributed by atoms with Gasteiger partial charge >= 0.3 is 0 Å². The van der Waals surface area contributed by atoms with Crippen LogP contribution in [0.3, 0.4) is 0 Å². The molecule has 52 heavy (non-hydrogen) atoms. The standard InChI is InChI=1S/C42H30N4O2S4/c1-46-26(24-45)17-28-9-11-36(50-28)38-21-32-40(52-38)30-19-33-29(18-34(30)48-42(32)14-6-3-7-15-42)39-31(41(47-33)12-4-2-5-13-41)20-37(51-39)35-10-8-27(49-35)16-25(22-43)23-44/h8-11,16-21H,2-7,12-15H2/b26-17+. The molecule has 0 radical (unpaired) electrons. The van der Waals surface area contributed by atoms with Crippen molar-refractivity contribution < 1.29 is 9.47 Å². The number of benzene rings is 1. The molecular formula is C42H30N4O2S4. The Kier molecular flexibility index (Phi) is 8.19. The molecule has 4 aromatic heterocycles. The van der Waals surface area contributed by atoms with Gasteiger partial charge in [-0.1, -0.05) is 12.8 Å². The summed E-state index contributed by atoms with van der Waals surface area (Å²) in [5.74, 6) is 1.83. The van der Waals surface area contributed by atoms with Gasteiger partial charge in [0.05, 0.1) is 12.6 Å². The molecule has 2 spiro atoms. The molecular weight excluding hydrogens is 721 g/mol. The number of hydrogen-bond acceptors (Lipinski definition) is 9. The second-order valence-corrected chi connectivity index (χ2v) is 18.1. The van der Waals surface area contributed by atoms with Crippen molar-refractivity contribution in [2.45, 2.75) is 75.4 Å². The predicted octanol–water partition coefficient (Wildman–Crippen LogP) is 12.9. The molecule has 0 saturated heterocycles. The number of ether oxygens (including phenoxy) is 2. The molecule has 6 nitrogen and oxygen atoms in total. The van der Waals surface area contributed by atoms with Crippen molar-refractivity contribution in [1.29, 1.82) is 15.8 Å². The van der Waals surface area contributed by atoms with Crippen LogP contribution in [0.15, 0.2) is 59.8 Å². The monoisotopic (exact) mass is 750 g/mol. The largest absolute Gasteiger partial charge is 0.482 e. The summed E-state index contributed by atoms with van der Waals surface area (Å²) in [5, 5.41) is 27.9. The van der Waals surface area contributed by atoms with Crippen LogP contribution in [0.25, 0.3) is 57.4 Å². The Hall–Kier alpha value is -4.94. The Morgan fingerprint density at radius 1 is 0.615 bits per heavy atom. The molecule has 2 fully saturated rings. The zero-order chi connectivity index (χ0) is 35.5. The van der Waals surface area contributed by atoms with Crippen molar-refractivity contribution in [3.8, 4) is 70.1 Å². The van der Waals surface area contributed by atoms with Gasteiger partial charge in [-0.3, -0.25) is 0 Å². The average molecular weight is 751 g/mol. The lowest BCUT2D eigenvalue weighted by Crippen LogP contribution is -2.38. The van der Waals surface area contributed by atoms with Gasteiger partial charge in [0.25, 0.3) is 5.70 Å². The van der Waals surface area contributed by atoms with Gasteiger partial charge in [-0.25, -0.2) is 10.1 Å². The number of fused-ring (bicyclic) bond motifs is 8. The molecule has 0 N–H and O–H groups in total. The van der Waals surface area contributed by atoms with Crippen molar-refractivity contribution in [2.75, 3.05) is 0 Å². The van der Waals surface area contributed by atoms with Gasteiger partial charge in [0, 0.05) is 61.3 Å². The molecule has 2 saturated carbocycles. The van der Waals surface area contributed by atoms with E-state index in [1.165, 1.54) is 43.5 Å². The maximum Gasteiger partial charge on any atom is 0.263 e. The summed E-state index contributed by atoms with van der Waals surface area (Å²) in [6.07, 6.45) is 14.1. The maximum atomic E-state index is 9.30. The zero-order valence-electron chi connectivity index (χ0n) is 28.1. The highest BCUT2D eigenvalue weighted by Gasteiger charge is 2.47. The van der Waals surface area contributed by atoms with Crippen molar-refractivity contribution in [3.05, 3.63) is 92.1 Å². The van der Waals surface area contributed by atoms with Crippen molar-refractivity contribution in [2.24, 2.45) is 0 Å². The molecule has 0 amide bonds. The van der Waals surface area contributed by atoms with Gasteiger partial charge in [0.15, 0.2) is 0 Å². The molecule has 6 heterocycles. The summed E-state index contributed by atoms with van der Waals surface area (Å²) in [6.45, 7) is 7.29. The van der Waals surface area contributed by atoms with Crippen LogP contribution in [-0.4, -0.2) is 0 Å². The van der Waals surface area contributed by atoms with Crippen molar-refractivity contribution in [3.63, 3.8) is 0 Å². The van der Waals surface area contributed by atoms with Crippen LogP contribution in [0.2, 0.25) is 0 Å². The summed E-state index contributed by atoms with van der Waals surface area (Å²) in [4.78, 5) is 12.2. The molecule has 10 heteroatoms. The van der Waals surface area contributed by atoms with E-state index < -0.39 is 0 Å². The second-order valence-electron chi connectivity index (χ2n) is 13.8. The molecule has 2 aliphatic carbocycles. The van der Waals surface area contributed by atoms with Crippen LogP contribution in [0, 0.1) is 40.6 Å². The van der Waals surface area contributed by atoms with Crippen molar-refractivity contribution in [1.82, 2.24) is 0 Å². The molecule has 0 unspecified atom stereocenters. The zero-order valence-corrected chi connectivity index (χ0v) is 31.3. The van der Waals surface area contributed by atoms with E-state index in [1.807, 2.05) is 30.3 Å². The van der Waals surface area contributed by atoms with E-state index in [-0.39, 0.29) is 22.5 Å². The van der Waals surface area contributed by atoms with E-state index in [2.05, 4.69) is 41.2 Å². The Labute approximate surface area is 318 Å². The second kappa shape index (κ2) is 12.9. The summed E-state index contributed by atoms with van der Waals surface area (Å²) >= 11 is 6.81. The van der Waals surface area contributed by atoms with Gasteiger partial charge in [0.2, 0.25) is 0 Å². The van der Waals surface area contributed by atoms with Crippen LogP contribution in [-0.2, 0) is 11.2 Å². The lowest BCUT2D eigenvalue weighted by molar-refractivity contribution is 0.0203. The molecule has 9 rings (SSSR count). The van der Waals surface area contributed by atoms with Crippen LogP contribution < -0.4 is 9.47 Å². The molecule has 0 atom stereocenters. The van der Waals surface area contributed by atoms with E-state index >= 15 is 0 Å². The highest BCUT2D eigenvalue weighted by molar-refractivity contribution is 7.25. The Bertz CT molecular complexity index is 2300. The van der Waals surface area contributed by atoms with Gasteiger partial charge in [0.1, 0.15) is 40.4 Å². The van der Waals surface area contributed by atoms with Crippen LogP contribution in [0.5, 0.6) is 11.5 Å². The number of nitrogens with zero attached hydrogens (tertiary/aromatic N) is 4. The summed E-state index contributed by atoms with van der Waals surface area (Å²) in [5.41, 5.74) is 4.14. The molecule has 1 aromatic carbocycles. The maximum absolute atomic E-state index is 9.30. The minimum atomic E-state index is -0.379. The minimum Gasteiger partial charge on any atom is -0.482 e. The first kappa shape index (κ1) is 32.9. The smallest absolute Gasteiger partial charge is 0.263 e. The van der Waals surface area contributed by atoms with E-state index in [9.17, 15) is 15.8 Å². The first-order valence-electron chi connectivity index (χ1n) is 17.5. The summed E-state index contributed by atoms with van der Waals surface area (Å²) in [7, 11) is 0. The van der Waals surface area contributed by atoms with Gasteiger partial charge in [-0.2, -0.15) is 10.5 Å². The number of thiophene rings is 4. The van der Waals surface area contributed by atoms with Crippen LogP contribution >= 0.6 is 45.3 Å². The molecule has 0 bridgehead atoms. The number of nitriles is 3. The molecule has 4 aliphatic rings. The lowest BCUT2D eigenvalue weighted by Gasteiger charge is -2.44. The van der Waals surface area contributed by atoms with Crippen LogP contribution in [0.1, 0.15) is 85.1 Å². The fourth-order valence-electron chi connectivity index (χ4n) is 8.29. The van der Waals surface area contributed by atoms with Crippen molar-refractivity contribution >= 4 is 57.5 Å². The minimum absolute atomic E-state index is 0.0889. The van der Waals surface area contributed by atoms with E-state index in [0.717, 1.165) is 93.5 Å². The van der Waals surface area contributed by atoms with E-state index in [4.69, 9.17) is 16.0 Å². The SMILES string of the molecule is [C-]#[N+]/C(C#N)=C/c1ccc(-c2cc3c(s2)-c2cc4c(cc2OC32CCCCC2)-c2sc(-c3ccc(C=C(C#N)C#N)s3)cc2C2(CCCCC2)O4)s1. The first-order valence-corrected chi connectivity index (χ1v) is 20.8.